The molecule has 1 aliphatic heterocycles. The second-order valence-electron chi connectivity index (χ2n) is 4.34. The normalized spacial score (nSPS) is 22.4. The Morgan fingerprint density at radius 2 is 2.20 bits per heavy atom. The van der Waals surface area contributed by atoms with E-state index in [1.807, 2.05) is 0 Å². The number of nitrogens with one attached hydrogen (secondary N) is 1. The molecule has 2 atom stereocenters. The number of ether oxygens (including phenoxy) is 2. The quantitative estimate of drug-likeness (QED) is 0.663. The SMILES string of the molecule is O=C(O)CO[C@@H]1CCOC[C@@H]1NC(=O)Cn1nccn1. The molecule has 1 saturated heterocycles. The Balaban J connectivity index is 1.84. The van der Waals surface area contributed by atoms with Crippen LogP contribution >= 0.6 is 0 Å². The largest absolute Gasteiger partial charge is 0.480 e. The van der Waals surface area contributed by atoms with Crippen LogP contribution in [-0.4, -0.2) is 63.9 Å². The number of hydrogen-bond acceptors (Lipinski definition) is 6. The molecule has 9 nitrogen and oxygen atoms in total. The first kappa shape index (κ1) is 14.4. The fourth-order valence-electron chi connectivity index (χ4n) is 1.94. The average molecular weight is 284 g/mol. The number of amides is 1. The molecule has 0 unspecified atom stereocenters. The van der Waals surface area contributed by atoms with Crippen molar-refractivity contribution in [2.45, 2.75) is 25.1 Å². The van der Waals surface area contributed by atoms with Crippen LogP contribution in [0.4, 0.5) is 0 Å². The first-order chi connectivity index (χ1) is 9.65. The van der Waals surface area contributed by atoms with Crippen molar-refractivity contribution in [2.75, 3.05) is 19.8 Å². The van der Waals surface area contributed by atoms with E-state index in [1.165, 1.54) is 17.2 Å². The Morgan fingerprint density at radius 3 is 2.90 bits per heavy atom. The van der Waals surface area contributed by atoms with Crippen molar-refractivity contribution in [3.05, 3.63) is 12.4 Å². The number of carboxylic acid groups (broad SMARTS) is 1. The van der Waals surface area contributed by atoms with Crippen molar-refractivity contribution >= 4 is 11.9 Å². The molecule has 1 amide bonds. The molecule has 2 N–H and O–H groups in total. The van der Waals surface area contributed by atoms with E-state index in [2.05, 4.69) is 15.5 Å². The summed E-state index contributed by atoms with van der Waals surface area (Å²) in [6.07, 6.45) is 3.14. The third-order valence-corrected chi connectivity index (χ3v) is 2.81. The molecule has 110 valence electrons. The predicted octanol–water partition coefficient (Wildman–Crippen LogP) is -1.35. The van der Waals surface area contributed by atoms with Crippen LogP contribution in [0.5, 0.6) is 0 Å². The van der Waals surface area contributed by atoms with Crippen LogP contribution in [0.15, 0.2) is 12.4 Å². The minimum Gasteiger partial charge on any atom is -0.480 e. The molecule has 9 heteroatoms. The lowest BCUT2D eigenvalue weighted by Gasteiger charge is -2.31. The second kappa shape index (κ2) is 6.96. The Labute approximate surface area is 114 Å². The number of carbonyl (C=O) groups is 2. The highest BCUT2D eigenvalue weighted by molar-refractivity contribution is 5.76. The topological polar surface area (TPSA) is 116 Å². The van der Waals surface area contributed by atoms with Crippen LogP contribution in [-0.2, 0) is 25.6 Å². The van der Waals surface area contributed by atoms with Crippen LogP contribution in [0.2, 0.25) is 0 Å². The monoisotopic (exact) mass is 284 g/mol. The van der Waals surface area contributed by atoms with Gasteiger partial charge in [-0.1, -0.05) is 0 Å². The minimum atomic E-state index is -1.04. The third kappa shape index (κ3) is 4.28. The van der Waals surface area contributed by atoms with Crippen LogP contribution in [0.3, 0.4) is 0 Å². The van der Waals surface area contributed by atoms with Gasteiger partial charge in [0.25, 0.3) is 0 Å². The van der Waals surface area contributed by atoms with Gasteiger partial charge in [0.15, 0.2) is 0 Å². The van der Waals surface area contributed by atoms with Crippen molar-refractivity contribution in [3.63, 3.8) is 0 Å². The summed E-state index contributed by atoms with van der Waals surface area (Å²) < 4.78 is 10.5. The lowest BCUT2D eigenvalue weighted by Crippen LogP contribution is -2.51. The molecule has 0 spiro atoms. The first-order valence-corrected chi connectivity index (χ1v) is 6.20. The summed E-state index contributed by atoms with van der Waals surface area (Å²) in [5.41, 5.74) is 0. The van der Waals surface area contributed by atoms with E-state index in [9.17, 15) is 9.59 Å². The summed E-state index contributed by atoms with van der Waals surface area (Å²) >= 11 is 0. The van der Waals surface area contributed by atoms with Gasteiger partial charge in [-0.3, -0.25) is 4.79 Å². The van der Waals surface area contributed by atoms with Crippen LogP contribution in [0, 0.1) is 0 Å². The standard InChI is InChI=1S/C11H16N4O5/c16-10(5-15-12-2-3-13-15)14-8-6-19-4-1-9(8)20-7-11(17)18/h2-3,8-9H,1,4-7H2,(H,14,16)(H,17,18)/t8-,9+/m0/s1. The van der Waals surface area contributed by atoms with Gasteiger partial charge in [-0.25, -0.2) is 4.79 Å². The first-order valence-electron chi connectivity index (χ1n) is 6.20. The van der Waals surface area contributed by atoms with E-state index in [-0.39, 0.29) is 24.6 Å². The molecule has 0 aromatic carbocycles. The fourth-order valence-corrected chi connectivity index (χ4v) is 1.94. The summed E-state index contributed by atoms with van der Waals surface area (Å²) in [7, 11) is 0. The van der Waals surface area contributed by atoms with Crippen LogP contribution in [0.25, 0.3) is 0 Å². The van der Waals surface area contributed by atoms with Gasteiger partial charge in [0.05, 0.1) is 31.1 Å². The van der Waals surface area contributed by atoms with E-state index in [4.69, 9.17) is 14.6 Å². The van der Waals surface area contributed by atoms with Crippen molar-refractivity contribution < 1.29 is 24.2 Å². The zero-order valence-electron chi connectivity index (χ0n) is 10.8. The van der Waals surface area contributed by atoms with Crippen molar-refractivity contribution in [2.24, 2.45) is 0 Å². The highest BCUT2D eigenvalue weighted by Crippen LogP contribution is 2.12. The molecule has 0 bridgehead atoms. The maximum Gasteiger partial charge on any atom is 0.329 e. The summed E-state index contributed by atoms with van der Waals surface area (Å²) in [6.45, 7) is 0.382. The Morgan fingerprint density at radius 1 is 1.45 bits per heavy atom. The van der Waals surface area contributed by atoms with E-state index >= 15 is 0 Å². The molecular weight excluding hydrogens is 268 g/mol. The van der Waals surface area contributed by atoms with Crippen LogP contribution in [0.1, 0.15) is 6.42 Å². The van der Waals surface area contributed by atoms with Gasteiger partial charge >= 0.3 is 5.97 Å². The minimum absolute atomic E-state index is 0.00481. The van der Waals surface area contributed by atoms with E-state index in [1.54, 1.807) is 0 Å². The molecule has 2 rings (SSSR count). The maximum atomic E-state index is 11.8. The van der Waals surface area contributed by atoms with Crippen molar-refractivity contribution in [3.8, 4) is 0 Å². The number of aliphatic carboxylic acids is 1. The number of hydrogen-bond donors (Lipinski definition) is 2. The van der Waals surface area contributed by atoms with Gasteiger partial charge < -0.3 is 19.9 Å². The third-order valence-electron chi connectivity index (χ3n) is 2.81. The molecule has 0 saturated carbocycles. The van der Waals surface area contributed by atoms with Crippen LogP contribution < -0.4 is 5.32 Å². The highest BCUT2D eigenvalue weighted by Gasteiger charge is 2.28. The lowest BCUT2D eigenvalue weighted by atomic mass is 10.1. The molecule has 1 aromatic rings. The second-order valence-corrected chi connectivity index (χ2v) is 4.34. The zero-order chi connectivity index (χ0) is 14.4. The molecule has 0 aliphatic carbocycles. The summed E-state index contributed by atoms with van der Waals surface area (Å²) in [6, 6.07) is -0.369. The van der Waals surface area contributed by atoms with Crippen molar-refractivity contribution in [1.29, 1.82) is 0 Å². The van der Waals surface area contributed by atoms with Gasteiger partial charge in [-0.2, -0.15) is 15.0 Å². The lowest BCUT2D eigenvalue weighted by molar-refractivity contribution is -0.148. The van der Waals surface area contributed by atoms with E-state index in [0.29, 0.717) is 19.6 Å². The average Bonchev–Trinajstić information content (AvgIpc) is 2.90. The number of carbonyl (C=O) groups excluding carboxylic acids is 1. The van der Waals surface area contributed by atoms with E-state index < -0.39 is 12.6 Å². The summed E-state index contributed by atoms with van der Waals surface area (Å²) in [5, 5.41) is 19.0. The molecule has 1 aromatic heterocycles. The summed E-state index contributed by atoms with van der Waals surface area (Å²) in [5.74, 6) is -1.32. The smallest absolute Gasteiger partial charge is 0.329 e. The predicted molar refractivity (Wildman–Crippen MR) is 64.8 cm³/mol. The molecular formula is C11H16N4O5. The number of rotatable bonds is 6. The molecule has 2 heterocycles. The molecule has 0 radical (unpaired) electrons. The number of carboxylic acids is 1. The van der Waals surface area contributed by atoms with Gasteiger partial charge in [0, 0.05) is 6.61 Å². The Kier molecular flexibility index (Phi) is 5.02. The van der Waals surface area contributed by atoms with Crippen molar-refractivity contribution in [1.82, 2.24) is 20.3 Å². The van der Waals surface area contributed by atoms with E-state index in [0.717, 1.165) is 0 Å². The fraction of sp³-hybridized carbons (Fsp3) is 0.636. The van der Waals surface area contributed by atoms with Gasteiger partial charge in [0.2, 0.25) is 5.91 Å². The Bertz CT molecular complexity index is 450. The number of nitrogens with zero attached hydrogens (tertiary/aromatic N) is 3. The highest BCUT2D eigenvalue weighted by atomic mass is 16.5. The number of aromatic nitrogens is 3. The molecule has 20 heavy (non-hydrogen) atoms. The molecule has 1 aliphatic rings. The molecule has 1 fully saturated rings. The zero-order valence-corrected chi connectivity index (χ0v) is 10.8. The van der Waals surface area contributed by atoms with Gasteiger partial charge in [0.1, 0.15) is 13.2 Å². The summed E-state index contributed by atoms with van der Waals surface area (Å²) in [4.78, 5) is 23.6. The maximum absolute atomic E-state index is 11.8. The van der Waals surface area contributed by atoms with Gasteiger partial charge in [-0.05, 0) is 6.42 Å². The van der Waals surface area contributed by atoms with Gasteiger partial charge in [-0.15, -0.1) is 0 Å². The Hall–Kier alpha value is -2.00.